The van der Waals surface area contributed by atoms with Gasteiger partial charge >= 0.3 is 11.9 Å². The molecular formula is C35H50O11. The summed E-state index contributed by atoms with van der Waals surface area (Å²) in [7, 11) is 0. The number of esters is 2. The number of aliphatic hydroxyl groups is 5. The van der Waals surface area contributed by atoms with Crippen molar-refractivity contribution < 1.29 is 54.1 Å². The average Bonchev–Trinajstić information content (AvgIpc) is 3.68. The number of epoxide rings is 1. The van der Waals surface area contributed by atoms with E-state index >= 15 is 0 Å². The minimum Gasteiger partial charge on any atom is -0.455 e. The van der Waals surface area contributed by atoms with E-state index in [1.165, 1.54) is 32.1 Å². The number of carbonyl (C=O) groups excluding carboxylic acids is 3. The van der Waals surface area contributed by atoms with Crippen LogP contribution in [0.15, 0.2) is 48.1 Å². The van der Waals surface area contributed by atoms with Gasteiger partial charge in [-0.2, -0.15) is 0 Å². The zero-order chi connectivity index (χ0) is 34.3. The predicted molar refractivity (Wildman–Crippen MR) is 167 cm³/mol. The highest BCUT2D eigenvalue weighted by atomic mass is 16.6. The van der Waals surface area contributed by atoms with Crippen molar-refractivity contribution >= 4 is 17.7 Å². The Morgan fingerprint density at radius 1 is 1.11 bits per heavy atom. The Balaban J connectivity index is 1.74. The first kappa shape index (κ1) is 36.2. The van der Waals surface area contributed by atoms with Gasteiger partial charge in [-0.3, -0.25) is 9.59 Å². The molecule has 3 fully saturated rings. The molecule has 46 heavy (non-hydrogen) atoms. The number of hydrogen-bond donors (Lipinski definition) is 5. The monoisotopic (exact) mass is 646 g/mol. The summed E-state index contributed by atoms with van der Waals surface area (Å²) in [4.78, 5) is 39.8. The van der Waals surface area contributed by atoms with Crippen molar-refractivity contribution in [2.75, 3.05) is 13.2 Å². The van der Waals surface area contributed by atoms with Crippen LogP contribution in [-0.2, 0) is 28.6 Å². The lowest BCUT2D eigenvalue weighted by atomic mass is 9.49. The van der Waals surface area contributed by atoms with Crippen LogP contribution in [0.2, 0.25) is 0 Å². The number of ketones is 1. The molecule has 0 aromatic heterocycles. The van der Waals surface area contributed by atoms with Gasteiger partial charge < -0.3 is 39.7 Å². The second-order valence-electron chi connectivity index (χ2n) is 14.1. The highest BCUT2D eigenvalue weighted by molar-refractivity contribution is 6.05. The molecule has 1 saturated heterocycles. The second kappa shape index (κ2) is 13.1. The van der Waals surface area contributed by atoms with E-state index in [2.05, 4.69) is 6.92 Å². The van der Waals surface area contributed by atoms with Crippen molar-refractivity contribution in [3.05, 3.63) is 48.1 Å². The SMILES string of the molecule is CCCCC/C=C/C=C/C=C/C(=O)OC1CC2(O)C3C=C(C)C(=O)C3(O)C(O)C3(CO)OC3C2C(C)(C)C1(C)OC(=O)C(C)CO. The van der Waals surface area contributed by atoms with E-state index in [-0.39, 0.29) is 5.57 Å². The lowest BCUT2D eigenvalue weighted by molar-refractivity contribution is -0.282. The van der Waals surface area contributed by atoms with Crippen LogP contribution >= 0.6 is 0 Å². The maximum Gasteiger partial charge on any atom is 0.331 e. The zero-order valence-corrected chi connectivity index (χ0v) is 27.6. The predicted octanol–water partition coefficient (Wildman–Crippen LogP) is 2.24. The number of fused-ring (bicyclic) bond motifs is 5. The molecule has 10 unspecified atom stereocenters. The zero-order valence-electron chi connectivity index (χ0n) is 27.6. The van der Waals surface area contributed by atoms with Crippen LogP contribution in [-0.4, -0.2) is 97.2 Å². The molecule has 11 heteroatoms. The topological polar surface area (TPSA) is 183 Å². The Morgan fingerprint density at radius 2 is 1.78 bits per heavy atom. The third-order valence-corrected chi connectivity index (χ3v) is 11.0. The molecule has 1 aliphatic heterocycles. The number of unbranched alkanes of at least 4 members (excludes halogenated alkanes) is 3. The standard InChI is InChI=1S/C35H50O11/c1-7-8-9-10-11-12-13-14-15-16-25(38)44-24-18-33(42)23-17-21(2)27(39)35(23,43)30(41)34(20-37)28(45-34)26(33)31(4,5)32(24,6)46-29(40)22(3)19-36/h11-17,22-24,26,28,30,36-37,41-43H,7-10,18-20H2,1-6H3/b12-11+,14-13+,16-15+. The molecule has 0 aromatic rings. The molecule has 4 aliphatic rings. The first-order valence-corrected chi connectivity index (χ1v) is 16.2. The second-order valence-corrected chi connectivity index (χ2v) is 14.1. The van der Waals surface area contributed by atoms with Crippen LogP contribution in [0.3, 0.4) is 0 Å². The number of Topliss-reactive ketones (excluding diaryl/α,β-unsaturated/α-hetero) is 1. The molecule has 0 bridgehead atoms. The minimum absolute atomic E-state index is 0.114. The van der Waals surface area contributed by atoms with Crippen molar-refractivity contribution in [2.45, 2.75) is 114 Å². The first-order chi connectivity index (χ1) is 21.5. The van der Waals surface area contributed by atoms with E-state index in [0.717, 1.165) is 25.7 Å². The molecular weight excluding hydrogens is 596 g/mol. The molecule has 0 spiro atoms. The molecule has 256 valence electrons. The number of ether oxygens (including phenoxy) is 3. The summed E-state index contributed by atoms with van der Waals surface area (Å²) in [6.45, 7) is 8.75. The number of rotatable bonds is 12. The summed E-state index contributed by atoms with van der Waals surface area (Å²) in [6.07, 6.45) is 11.1. The maximum atomic E-state index is 13.4. The van der Waals surface area contributed by atoms with Gasteiger partial charge in [-0.1, -0.05) is 70.1 Å². The van der Waals surface area contributed by atoms with Gasteiger partial charge in [-0.15, -0.1) is 0 Å². The quantitative estimate of drug-likeness (QED) is 0.0689. The van der Waals surface area contributed by atoms with Crippen LogP contribution in [0, 0.1) is 23.2 Å². The number of hydrogen-bond acceptors (Lipinski definition) is 11. The number of aliphatic hydroxyl groups excluding tert-OH is 3. The summed E-state index contributed by atoms with van der Waals surface area (Å²) in [5.41, 5.74) is -9.23. The van der Waals surface area contributed by atoms with Crippen molar-refractivity contribution in [3.8, 4) is 0 Å². The lowest BCUT2D eigenvalue weighted by Crippen LogP contribution is -2.73. The Bertz CT molecular complexity index is 1320. The average molecular weight is 647 g/mol. The van der Waals surface area contributed by atoms with Crippen LogP contribution in [0.5, 0.6) is 0 Å². The summed E-state index contributed by atoms with van der Waals surface area (Å²) in [6, 6.07) is 0. The van der Waals surface area contributed by atoms with Crippen molar-refractivity contribution in [2.24, 2.45) is 23.2 Å². The van der Waals surface area contributed by atoms with Gasteiger partial charge in [0.25, 0.3) is 0 Å². The number of carbonyl (C=O) groups is 3. The van der Waals surface area contributed by atoms with E-state index in [1.54, 1.807) is 32.9 Å². The molecule has 0 amide bonds. The van der Waals surface area contributed by atoms with E-state index in [1.807, 2.05) is 12.2 Å². The Labute approximate surface area is 270 Å². The Hall–Kier alpha value is -2.67. The number of allylic oxidation sites excluding steroid dienone is 5. The normalized spacial score (nSPS) is 40.3. The summed E-state index contributed by atoms with van der Waals surface area (Å²) in [5, 5.41) is 56.2. The summed E-state index contributed by atoms with van der Waals surface area (Å²) in [5.74, 6) is -5.70. The van der Waals surface area contributed by atoms with Crippen LogP contribution in [0.4, 0.5) is 0 Å². The maximum absolute atomic E-state index is 13.4. The van der Waals surface area contributed by atoms with Crippen molar-refractivity contribution in [1.82, 2.24) is 0 Å². The highest BCUT2D eigenvalue weighted by Gasteiger charge is 2.84. The van der Waals surface area contributed by atoms with E-state index in [4.69, 9.17) is 14.2 Å². The van der Waals surface area contributed by atoms with E-state index in [0.29, 0.717) is 0 Å². The lowest BCUT2D eigenvalue weighted by Gasteiger charge is -2.61. The van der Waals surface area contributed by atoms with Gasteiger partial charge in [0.2, 0.25) is 0 Å². The van der Waals surface area contributed by atoms with Gasteiger partial charge in [0.1, 0.15) is 17.8 Å². The third kappa shape index (κ3) is 5.62. The summed E-state index contributed by atoms with van der Waals surface area (Å²) < 4.78 is 17.9. The summed E-state index contributed by atoms with van der Waals surface area (Å²) >= 11 is 0. The molecule has 0 aromatic carbocycles. The molecule has 1 heterocycles. The fourth-order valence-corrected chi connectivity index (χ4v) is 7.88. The molecule has 11 nitrogen and oxygen atoms in total. The minimum atomic E-state index is -2.54. The molecule has 2 saturated carbocycles. The third-order valence-electron chi connectivity index (χ3n) is 11.0. The van der Waals surface area contributed by atoms with Gasteiger partial charge in [-0.25, -0.2) is 4.79 Å². The van der Waals surface area contributed by atoms with Gasteiger partial charge in [0.05, 0.1) is 30.8 Å². The fraction of sp³-hybridized carbons (Fsp3) is 0.686. The van der Waals surface area contributed by atoms with Crippen molar-refractivity contribution in [3.63, 3.8) is 0 Å². The Kier molecular flexibility index (Phi) is 10.3. The fourth-order valence-electron chi connectivity index (χ4n) is 7.88. The van der Waals surface area contributed by atoms with E-state index in [9.17, 15) is 39.9 Å². The van der Waals surface area contributed by atoms with Gasteiger partial charge in [-0.05, 0) is 39.2 Å². The molecule has 4 rings (SSSR count). The molecule has 10 atom stereocenters. The largest absolute Gasteiger partial charge is 0.455 e. The van der Waals surface area contributed by atoms with Gasteiger partial charge in [0.15, 0.2) is 17.0 Å². The van der Waals surface area contributed by atoms with Crippen LogP contribution < -0.4 is 0 Å². The highest BCUT2D eigenvalue weighted by Crippen LogP contribution is 2.68. The molecule has 5 N–H and O–H groups in total. The molecule has 3 aliphatic carbocycles. The van der Waals surface area contributed by atoms with Crippen molar-refractivity contribution in [1.29, 1.82) is 0 Å². The first-order valence-electron chi connectivity index (χ1n) is 16.2. The van der Waals surface area contributed by atoms with Crippen LogP contribution in [0.1, 0.15) is 73.6 Å². The van der Waals surface area contributed by atoms with Crippen LogP contribution in [0.25, 0.3) is 0 Å². The van der Waals surface area contributed by atoms with Gasteiger partial charge in [0, 0.05) is 29.7 Å². The molecule has 0 radical (unpaired) electrons. The Morgan fingerprint density at radius 3 is 2.41 bits per heavy atom. The van der Waals surface area contributed by atoms with E-state index < -0.39 is 101 Å². The smallest absolute Gasteiger partial charge is 0.331 e.